The predicted octanol–water partition coefficient (Wildman–Crippen LogP) is 1.24. The molecule has 0 saturated carbocycles. The number of hydrogen-bond donors (Lipinski definition) is 1. The highest BCUT2D eigenvalue weighted by atomic mass is 16.2. The standard InChI is InChI=1S/C12H22N2O/c1-2-3-12(15)14-6-4-10-8-13-9-11(10)5-7-14/h10-11,13H,2-9H2,1H3/t10-,11+. The molecule has 2 aliphatic rings. The van der Waals surface area contributed by atoms with Gasteiger partial charge in [0, 0.05) is 19.5 Å². The van der Waals surface area contributed by atoms with E-state index < -0.39 is 0 Å². The number of amides is 1. The number of rotatable bonds is 2. The largest absolute Gasteiger partial charge is 0.343 e. The monoisotopic (exact) mass is 210 g/mol. The molecule has 0 bridgehead atoms. The Morgan fingerprint density at radius 3 is 2.40 bits per heavy atom. The third kappa shape index (κ3) is 2.51. The van der Waals surface area contributed by atoms with Gasteiger partial charge in [0.25, 0.3) is 0 Å². The van der Waals surface area contributed by atoms with Crippen LogP contribution in [-0.2, 0) is 4.79 Å². The van der Waals surface area contributed by atoms with Crippen molar-refractivity contribution in [1.82, 2.24) is 10.2 Å². The maximum absolute atomic E-state index is 11.8. The number of hydrogen-bond acceptors (Lipinski definition) is 2. The third-order valence-electron chi connectivity index (χ3n) is 3.84. The quantitative estimate of drug-likeness (QED) is 0.744. The van der Waals surface area contributed by atoms with E-state index in [9.17, 15) is 4.79 Å². The lowest BCUT2D eigenvalue weighted by Crippen LogP contribution is -2.32. The van der Waals surface area contributed by atoms with Gasteiger partial charge < -0.3 is 10.2 Å². The molecular weight excluding hydrogens is 188 g/mol. The van der Waals surface area contributed by atoms with E-state index in [0.29, 0.717) is 5.91 Å². The molecule has 2 rings (SSSR count). The van der Waals surface area contributed by atoms with Crippen LogP contribution in [0.3, 0.4) is 0 Å². The van der Waals surface area contributed by atoms with Crippen LogP contribution in [0.4, 0.5) is 0 Å². The summed E-state index contributed by atoms with van der Waals surface area (Å²) in [7, 11) is 0. The lowest BCUT2D eigenvalue weighted by atomic mass is 9.92. The Morgan fingerprint density at radius 1 is 1.27 bits per heavy atom. The topological polar surface area (TPSA) is 32.3 Å². The molecule has 2 saturated heterocycles. The van der Waals surface area contributed by atoms with Crippen LogP contribution in [0.25, 0.3) is 0 Å². The van der Waals surface area contributed by atoms with Crippen molar-refractivity contribution in [3.63, 3.8) is 0 Å². The number of nitrogens with zero attached hydrogens (tertiary/aromatic N) is 1. The van der Waals surface area contributed by atoms with Gasteiger partial charge >= 0.3 is 0 Å². The van der Waals surface area contributed by atoms with Crippen LogP contribution in [0, 0.1) is 11.8 Å². The highest BCUT2D eigenvalue weighted by Crippen LogP contribution is 2.27. The van der Waals surface area contributed by atoms with Gasteiger partial charge in [-0.1, -0.05) is 6.92 Å². The Kier molecular flexibility index (Phi) is 3.62. The van der Waals surface area contributed by atoms with E-state index >= 15 is 0 Å². The molecule has 0 aliphatic carbocycles. The Labute approximate surface area is 92.2 Å². The molecule has 0 aromatic heterocycles. The van der Waals surface area contributed by atoms with Crippen molar-refractivity contribution in [2.24, 2.45) is 11.8 Å². The molecular formula is C12H22N2O. The van der Waals surface area contributed by atoms with Crippen LogP contribution in [0.15, 0.2) is 0 Å². The average Bonchev–Trinajstić information content (AvgIpc) is 2.58. The molecule has 2 fully saturated rings. The van der Waals surface area contributed by atoms with E-state index in [4.69, 9.17) is 0 Å². The summed E-state index contributed by atoms with van der Waals surface area (Å²) < 4.78 is 0. The van der Waals surface area contributed by atoms with Gasteiger partial charge in [0.1, 0.15) is 0 Å². The van der Waals surface area contributed by atoms with Crippen LogP contribution in [0.5, 0.6) is 0 Å². The fraction of sp³-hybridized carbons (Fsp3) is 0.917. The Balaban J connectivity index is 1.87. The summed E-state index contributed by atoms with van der Waals surface area (Å²) >= 11 is 0. The second kappa shape index (κ2) is 4.97. The fourth-order valence-electron chi connectivity index (χ4n) is 2.84. The molecule has 3 nitrogen and oxygen atoms in total. The molecule has 2 aliphatic heterocycles. The molecule has 15 heavy (non-hydrogen) atoms. The molecule has 1 amide bonds. The highest BCUT2D eigenvalue weighted by molar-refractivity contribution is 5.76. The molecule has 0 aromatic rings. The van der Waals surface area contributed by atoms with E-state index in [1.807, 2.05) is 0 Å². The van der Waals surface area contributed by atoms with Gasteiger partial charge in [0.05, 0.1) is 0 Å². The van der Waals surface area contributed by atoms with Crippen LogP contribution in [-0.4, -0.2) is 37.0 Å². The van der Waals surface area contributed by atoms with Gasteiger partial charge in [-0.2, -0.15) is 0 Å². The predicted molar refractivity (Wildman–Crippen MR) is 60.6 cm³/mol. The van der Waals surface area contributed by atoms with Crippen LogP contribution in [0.2, 0.25) is 0 Å². The zero-order valence-corrected chi connectivity index (χ0v) is 9.67. The van der Waals surface area contributed by atoms with Gasteiger partial charge in [0.15, 0.2) is 0 Å². The second-order valence-electron chi connectivity index (χ2n) is 4.89. The molecule has 0 aromatic carbocycles. The summed E-state index contributed by atoms with van der Waals surface area (Å²) in [5, 5.41) is 3.46. The van der Waals surface area contributed by atoms with Crippen LogP contribution >= 0.6 is 0 Å². The molecule has 86 valence electrons. The first-order valence-corrected chi connectivity index (χ1v) is 6.29. The fourth-order valence-corrected chi connectivity index (χ4v) is 2.84. The van der Waals surface area contributed by atoms with Crippen molar-refractivity contribution in [3.05, 3.63) is 0 Å². The van der Waals surface area contributed by atoms with Gasteiger partial charge in [-0.05, 0) is 44.2 Å². The molecule has 2 atom stereocenters. The van der Waals surface area contributed by atoms with Gasteiger partial charge in [-0.25, -0.2) is 0 Å². The first-order chi connectivity index (χ1) is 7.31. The Morgan fingerprint density at radius 2 is 1.87 bits per heavy atom. The van der Waals surface area contributed by atoms with Crippen molar-refractivity contribution in [2.75, 3.05) is 26.2 Å². The number of carbonyl (C=O) groups is 1. The minimum Gasteiger partial charge on any atom is -0.343 e. The third-order valence-corrected chi connectivity index (χ3v) is 3.84. The van der Waals surface area contributed by atoms with Crippen LogP contribution in [0.1, 0.15) is 32.6 Å². The van der Waals surface area contributed by atoms with Crippen LogP contribution < -0.4 is 5.32 Å². The maximum Gasteiger partial charge on any atom is 0.222 e. The van der Waals surface area contributed by atoms with Gasteiger partial charge in [-0.15, -0.1) is 0 Å². The van der Waals surface area contributed by atoms with E-state index in [-0.39, 0.29) is 0 Å². The molecule has 1 N–H and O–H groups in total. The number of likely N-dealkylation sites (tertiary alicyclic amines) is 1. The number of fused-ring (bicyclic) bond motifs is 1. The summed E-state index contributed by atoms with van der Waals surface area (Å²) in [6.07, 6.45) is 4.11. The lowest BCUT2D eigenvalue weighted by Gasteiger charge is -2.20. The van der Waals surface area contributed by atoms with E-state index in [1.165, 1.54) is 25.9 Å². The summed E-state index contributed by atoms with van der Waals surface area (Å²) in [4.78, 5) is 13.9. The minimum absolute atomic E-state index is 0.366. The Hall–Kier alpha value is -0.570. The van der Waals surface area contributed by atoms with Gasteiger partial charge in [0.2, 0.25) is 5.91 Å². The van der Waals surface area contributed by atoms with E-state index in [1.54, 1.807) is 0 Å². The minimum atomic E-state index is 0.366. The maximum atomic E-state index is 11.8. The SMILES string of the molecule is CCCC(=O)N1CC[C@@H]2CNC[C@@H]2CC1. The molecule has 0 spiro atoms. The zero-order chi connectivity index (χ0) is 10.7. The summed E-state index contributed by atoms with van der Waals surface area (Å²) in [6, 6.07) is 0. The average molecular weight is 210 g/mol. The highest BCUT2D eigenvalue weighted by Gasteiger charge is 2.30. The first-order valence-electron chi connectivity index (χ1n) is 6.29. The smallest absolute Gasteiger partial charge is 0.222 e. The van der Waals surface area contributed by atoms with Crippen molar-refractivity contribution in [3.8, 4) is 0 Å². The normalized spacial score (nSPS) is 31.1. The summed E-state index contributed by atoms with van der Waals surface area (Å²) in [5.74, 6) is 2.01. The van der Waals surface area contributed by atoms with Crippen molar-refractivity contribution in [1.29, 1.82) is 0 Å². The van der Waals surface area contributed by atoms with Crippen molar-refractivity contribution in [2.45, 2.75) is 32.6 Å². The summed E-state index contributed by atoms with van der Waals surface area (Å²) in [5.41, 5.74) is 0. The van der Waals surface area contributed by atoms with Crippen molar-refractivity contribution < 1.29 is 4.79 Å². The molecule has 0 radical (unpaired) electrons. The van der Waals surface area contributed by atoms with Gasteiger partial charge in [-0.3, -0.25) is 4.79 Å². The lowest BCUT2D eigenvalue weighted by molar-refractivity contribution is -0.131. The number of carbonyl (C=O) groups excluding carboxylic acids is 1. The van der Waals surface area contributed by atoms with E-state index in [2.05, 4.69) is 17.1 Å². The summed E-state index contributed by atoms with van der Waals surface area (Å²) in [6.45, 7) is 6.39. The zero-order valence-electron chi connectivity index (χ0n) is 9.67. The second-order valence-corrected chi connectivity index (χ2v) is 4.89. The number of nitrogens with one attached hydrogen (secondary N) is 1. The Bertz CT molecular complexity index is 216. The molecule has 3 heteroatoms. The molecule has 0 unspecified atom stereocenters. The van der Waals surface area contributed by atoms with Crippen molar-refractivity contribution >= 4 is 5.91 Å². The van der Waals surface area contributed by atoms with E-state index in [0.717, 1.165) is 37.8 Å². The first kappa shape index (κ1) is 10.9. The molecule has 2 heterocycles.